The Kier molecular flexibility index (Phi) is 8.20. The molecule has 6 rings (SSSR count). The number of halogens is 2. The van der Waals surface area contributed by atoms with Crippen molar-refractivity contribution in [2.75, 3.05) is 6.61 Å². The maximum atomic E-state index is 15.5. The third-order valence-electron chi connectivity index (χ3n) is 7.34. The van der Waals surface area contributed by atoms with Gasteiger partial charge in [-0.2, -0.15) is 5.26 Å². The molecule has 0 aliphatic carbocycles. The number of aryl methyl sites for hydroxylation is 1. The summed E-state index contributed by atoms with van der Waals surface area (Å²) in [5, 5.41) is 22.7. The minimum absolute atomic E-state index is 0. The van der Waals surface area contributed by atoms with Gasteiger partial charge in [0, 0.05) is 36.9 Å². The van der Waals surface area contributed by atoms with Gasteiger partial charge in [-0.15, -0.1) is 5.10 Å². The van der Waals surface area contributed by atoms with Crippen LogP contribution in [0.4, 0.5) is 8.78 Å². The number of rotatable bonds is 9. The Hall–Kier alpha value is -5.12. The standard InChI is InChI=1S/C31H25F2N5O4.H3N/c1-18-10-22(13-29-35-26-5-4-20(31(39)40)12-28(26)37(29)16-23-7-9-41-23)25(33)14-27(18)38-8-6-30(36-38)42-17-21-3-2-19(15-34)11-24(21)32;/h2-6,8,10-12,14,23H,7,9,13,16-17H2,1H3,(H,39,40);1H3/t23-;/m0./s1. The fourth-order valence-electron chi connectivity index (χ4n) is 4.96. The number of hydrogen-bond donors (Lipinski definition) is 2. The Balaban J connectivity index is 0.00000368. The summed E-state index contributed by atoms with van der Waals surface area (Å²) in [6.45, 7) is 2.93. The number of hydrogen-bond acceptors (Lipinski definition) is 7. The summed E-state index contributed by atoms with van der Waals surface area (Å²) in [6, 6.07) is 15.5. The van der Waals surface area contributed by atoms with E-state index in [-0.39, 0.29) is 47.9 Å². The van der Waals surface area contributed by atoms with Crippen LogP contribution < -0.4 is 10.9 Å². The van der Waals surface area contributed by atoms with E-state index >= 15 is 4.39 Å². The van der Waals surface area contributed by atoms with Crippen LogP contribution in [0.5, 0.6) is 5.88 Å². The number of benzene rings is 3. The maximum Gasteiger partial charge on any atom is 0.335 e. The normalized spacial score (nSPS) is 14.1. The molecule has 3 aromatic carbocycles. The Morgan fingerprint density at radius 3 is 2.63 bits per heavy atom. The van der Waals surface area contributed by atoms with Gasteiger partial charge in [0.2, 0.25) is 5.88 Å². The van der Waals surface area contributed by atoms with Crippen molar-refractivity contribution in [3.63, 3.8) is 0 Å². The summed E-state index contributed by atoms with van der Waals surface area (Å²) in [7, 11) is 0. The average molecular weight is 587 g/mol. The van der Waals surface area contributed by atoms with Crippen molar-refractivity contribution < 1.29 is 28.2 Å². The molecule has 0 saturated carbocycles. The highest BCUT2D eigenvalue weighted by atomic mass is 19.1. The Labute approximate surface area is 245 Å². The highest BCUT2D eigenvalue weighted by molar-refractivity contribution is 5.92. The van der Waals surface area contributed by atoms with E-state index in [0.29, 0.717) is 41.3 Å². The molecule has 3 heterocycles. The number of aromatic nitrogens is 4. The number of nitrogens with zero attached hydrogens (tertiary/aromatic N) is 5. The molecule has 0 radical (unpaired) electrons. The number of aromatic carboxylic acids is 1. The van der Waals surface area contributed by atoms with E-state index in [1.807, 2.05) is 17.6 Å². The molecule has 1 atom stereocenters. The largest absolute Gasteiger partial charge is 0.478 e. The molecule has 0 spiro atoms. The van der Waals surface area contributed by atoms with E-state index in [2.05, 4.69) is 5.10 Å². The first-order chi connectivity index (χ1) is 20.3. The lowest BCUT2D eigenvalue weighted by Crippen LogP contribution is -2.31. The Bertz CT molecular complexity index is 1870. The van der Waals surface area contributed by atoms with Crippen LogP contribution in [0, 0.1) is 29.9 Å². The maximum absolute atomic E-state index is 15.5. The summed E-state index contributed by atoms with van der Waals surface area (Å²) >= 11 is 0. The van der Waals surface area contributed by atoms with E-state index in [1.165, 1.54) is 28.9 Å². The minimum atomic E-state index is -1.03. The molecule has 220 valence electrons. The fraction of sp³-hybridized carbons (Fsp3) is 0.226. The third kappa shape index (κ3) is 5.94. The van der Waals surface area contributed by atoms with Crippen LogP contribution in [0.15, 0.2) is 60.8 Å². The predicted molar refractivity (Wildman–Crippen MR) is 153 cm³/mol. The van der Waals surface area contributed by atoms with Crippen LogP contribution >= 0.6 is 0 Å². The van der Waals surface area contributed by atoms with Gasteiger partial charge in [0.1, 0.15) is 24.1 Å². The topological polar surface area (TPSA) is 150 Å². The zero-order valence-electron chi connectivity index (χ0n) is 23.3. The Morgan fingerprint density at radius 2 is 1.93 bits per heavy atom. The minimum Gasteiger partial charge on any atom is -0.478 e. The van der Waals surface area contributed by atoms with Gasteiger partial charge in [0.15, 0.2) is 0 Å². The van der Waals surface area contributed by atoms with Crippen molar-refractivity contribution >= 4 is 17.0 Å². The van der Waals surface area contributed by atoms with Crippen LogP contribution in [0.25, 0.3) is 16.7 Å². The molecule has 2 aromatic heterocycles. The quantitative estimate of drug-likeness (QED) is 0.230. The van der Waals surface area contributed by atoms with E-state index in [1.54, 1.807) is 30.5 Å². The Morgan fingerprint density at radius 1 is 1.14 bits per heavy atom. The number of nitriles is 1. The van der Waals surface area contributed by atoms with E-state index in [4.69, 9.17) is 19.7 Å². The monoisotopic (exact) mass is 586 g/mol. The molecule has 12 heteroatoms. The van der Waals surface area contributed by atoms with Crippen molar-refractivity contribution in [3.05, 3.63) is 106 Å². The smallest absolute Gasteiger partial charge is 0.335 e. The highest BCUT2D eigenvalue weighted by Crippen LogP contribution is 2.27. The summed E-state index contributed by atoms with van der Waals surface area (Å²) in [5.74, 6) is -1.18. The lowest BCUT2D eigenvalue weighted by Gasteiger charge is -2.27. The van der Waals surface area contributed by atoms with Crippen molar-refractivity contribution in [1.29, 1.82) is 5.26 Å². The molecular formula is C31H28F2N6O4. The van der Waals surface area contributed by atoms with Gasteiger partial charge in [0.05, 0.1) is 46.6 Å². The van der Waals surface area contributed by atoms with Crippen molar-refractivity contribution in [2.24, 2.45) is 0 Å². The van der Waals surface area contributed by atoms with E-state index < -0.39 is 17.6 Å². The molecule has 0 amide bonds. The number of carboxylic acids is 1. The first-order valence-electron chi connectivity index (χ1n) is 13.3. The number of imidazole rings is 1. The third-order valence-corrected chi connectivity index (χ3v) is 7.34. The van der Waals surface area contributed by atoms with Crippen molar-refractivity contribution in [2.45, 2.75) is 39.0 Å². The van der Waals surface area contributed by atoms with Crippen LogP contribution in [0.2, 0.25) is 0 Å². The zero-order valence-corrected chi connectivity index (χ0v) is 23.3. The van der Waals surface area contributed by atoms with Gasteiger partial charge in [-0.3, -0.25) is 0 Å². The lowest BCUT2D eigenvalue weighted by molar-refractivity contribution is -0.0589. The van der Waals surface area contributed by atoms with E-state index in [9.17, 15) is 14.3 Å². The molecule has 1 fully saturated rings. The van der Waals surface area contributed by atoms with Crippen molar-refractivity contribution in [3.8, 4) is 17.6 Å². The van der Waals surface area contributed by atoms with Crippen molar-refractivity contribution in [1.82, 2.24) is 25.5 Å². The summed E-state index contributed by atoms with van der Waals surface area (Å²) in [6.07, 6.45) is 2.70. The number of fused-ring (bicyclic) bond motifs is 1. The number of ether oxygens (including phenoxy) is 2. The summed E-state index contributed by atoms with van der Waals surface area (Å²) in [4.78, 5) is 16.3. The highest BCUT2D eigenvalue weighted by Gasteiger charge is 2.23. The second-order valence-electron chi connectivity index (χ2n) is 10.1. The molecule has 1 aliphatic rings. The van der Waals surface area contributed by atoms with Gasteiger partial charge < -0.3 is 25.3 Å². The lowest BCUT2D eigenvalue weighted by atomic mass is 10.1. The summed E-state index contributed by atoms with van der Waals surface area (Å²) in [5.41, 5.74) is 3.66. The number of carbonyl (C=O) groups is 1. The first-order valence-corrected chi connectivity index (χ1v) is 13.3. The second kappa shape index (κ2) is 12.0. The molecule has 1 aliphatic heterocycles. The van der Waals surface area contributed by atoms with E-state index in [0.717, 1.165) is 18.1 Å². The van der Waals surface area contributed by atoms with Crippen LogP contribution in [-0.4, -0.2) is 43.1 Å². The average Bonchev–Trinajstić information content (AvgIpc) is 3.55. The zero-order chi connectivity index (χ0) is 29.4. The van der Waals surface area contributed by atoms with Gasteiger partial charge in [-0.05, 0) is 54.8 Å². The molecule has 5 aromatic rings. The van der Waals surface area contributed by atoms with Gasteiger partial charge in [0.25, 0.3) is 0 Å². The van der Waals surface area contributed by atoms with Crippen LogP contribution in [-0.2, 0) is 24.3 Å². The predicted octanol–water partition coefficient (Wildman–Crippen LogP) is 5.50. The SMILES string of the molecule is Cc1cc(Cc2nc3ccc(C(=O)O)cc3n2C[C@@H]2CCO2)c(F)cc1-n1ccc(OCc2ccc(C#N)cc2F)n1.N. The molecular weight excluding hydrogens is 558 g/mol. The second-order valence-corrected chi connectivity index (χ2v) is 10.1. The molecule has 4 N–H and O–H groups in total. The molecule has 43 heavy (non-hydrogen) atoms. The molecule has 0 bridgehead atoms. The molecule has 1 saturated heterocycles. The first kappa shape index (κ1) is 29.4. The molecule has 10 nitrogen and oxygen atoms in total. The summed E-state index contributed by atoms with van der Waals surface area (Å²) < 4.78 is 44.3. The van der Waals surface area contributed by atoms with Crippen LogP contribution in [0.1, 0.15) is 44.9 Å². The molecule has 0 unspecified atom stereocenters. The van der Waals surface area contributed by atoms with Gasteiger partial charge >= 0.3 is 5.97 Å². The van der Waals surface area contributed by atoms with Crippen LogP contribution in [0.3, 0.4) is 0 Å². The van der Waals surface area contributed by atoms with Gasteiger partial charge in [-0.25, -0.2) is 23.2 Å². The fourth-order valence-corrected chi connectivity index (χ4v) is 4.96. The number of carboxylic acid groups (broad SMARTS) is 1. The van der Waals surface area contributed by atoms with Gasteiger partial charge in [-0.1, -0.05) is 12.1 Å².